The number of halogens is 2. The molecule has 0 saturated heterocycles. The number of aliphatic carboxylic acids is 1. The first kappa shape index (κ1) is 12.3. The average Bonchev–Trinajstić information content (AvgIpc) is 2.16. The molecule has 1 rings (SSSR count). The molecule has 0 aromatic heterocycles. The van der Waals surface area contributed by atoms with Crippen LogP contribution in [0.25, 0.3) is 0 Å². The van der Waals surface area contributed by atoms with Gasteiger partial charge >= 0.3 is 5.97 Å². The second-order valence-corrected chi connectivity index (χ2v) is 4.40. The summed E-state index contributed by atoms with van der Waals surface area (Å²) in [5.41, 5.74) is -0.543. The van der Waals surface area contributed by atoms with Crippen LogP contribution in [0, 0.1) is 0 Å². The number of hydrogen-bond acceptors (Lipinski definition) is 1. The predicted molar refractivity (Wildman–Crippen MR) is 61.7 cm³/mol. The summed E-state index contributed by atoms with van der Waals surface area (Å²) in [5.74, 6) is -0.917. The van der Waals surface area contributed by atoms with Crippen molar-refractivity contribution in [3.05, 3.63) is 33.8 Å². The summed E-state index contributed by atoms with van der Waals surface area (Å²) in [6.45, 7) is 3.43. The Kier molecular flexibility index (Phi) is 3.63. The lowest BCUT2D eigenvalue weighted by Gasteiger charge is -2.25. The van der Waals surface area contributed by atoms with Gasteiger partial charge in [-0.15, -0.1) is 0 Å². The molecule has 0 aliphatic rings. The number of benzene rings is 1. The Morgan fingerprint density at radius 1 is 1.40 bits per heavy atom. The molecule has 0 aliphatic carbocycles. The molecule has 0 radical (unpaired) electrons. The van der Waals surface area contributed by atoms with E-state index < -0.39 is 11.4 Å². The van der Waals surface area contributed by atoms with Crippen molar-refractivity contribution in [2.45, 2.75) is 25.7 Å². The van der Waals surface area contributed by atoms with Gasteiger partial charge in [-0.05, 0) is 25.5 Å². The molecule has 0 fully saturated rings. The van der Waals surface area contributed by atoms with Crippen molar-refractivity contribution in [2.75, 3.05) is 0 Å². The number of carboxylic acid groups (broad SMARTS) is 1. The van der Waals surface area contributed by atoms with Crippen molar-refractivity contribution in [1.29, 1.82) is 0 Å². The standard InChI is InChI=1S/C11H12Cl2O2/c1-3-11(2,10(14)15)9-7(12)5-4-6-8(9)13/h4-6H,3H2,1-2H3,(H,14,15). The van der Waals surface area contributed by atoms with E-state index in [1.807, 2.05) is 0 Å². The van der Waals surface area contributed by atoms with E-state index in [0.29, 0.717) is 22.0 Å². The van der Waals surface area contributed by atoms with Crippen molar-refractivity contribution in [3.8, 4) is 0 Å². The lowest BCUT2D eigenvalue weighted by molar-refractivity contribution is -0.143. The molecule has 0 amide bonds. The summed E-state index contributed by atoms with van der Waals surface area (Å²) >= 11 is 12.0. The molecule has 15 heavy (non-hydrogen) atoms. The molecule has 1 N–H and O–H groups in total. The molecule has 0 aliphatic heterocycles. The molecule has 1 unspecified atom stereocenters. The molecule has 0 bridgehead atoms. The molecule has 1 atom stereocenters. The molecule has 2 nitrogen and oxygen atoms in total. The van der Waals surface area contributed by atoms with E-state index in [0.717, 1.165) is 0 Å². The van der Waals surface area contributed by atoms with Gasteiger partial charge in [-0.3, -0.25) is 4.79 Å². The molecular weight excluding hydrogens is 235 g/mol. The maximum absolute atomic E-state index is 11.2. The summed E-state index contributed by atoms with van der Waals surface area (Å²) in [5, 5.41) is 10.0. The first-order valence-electron chi connectivity index (χ1n) is 4.61. The summed E-state index contributed by atoms with van der Waals surface area (Å²) in [6, 6.07) is 5.01. The van der Waals surface area contributed by atoms with Gasteiger partial charge in [0.15, 0.2) is 0 Å². The number of carboxylic acids is 1. The highest BCUT2D eigenvalue weighted by Crippen LogP contribution is 2.38. The van der Waals surface area contributed by atoms with Crippen LogP contribution in [0.2, 0.25) is 10.0 Å². The number of carbonyl (C=O) groups is 1. The predicted octanol–water partition coefficient (Wildman–Crippen LogP) is 3.75. The quantitative estimate of drug-likeness (QED) is 0.883. The van der Waals surface area contributed by atoms with Crippen molar-refractivity contribution in [1.82, 2.24) is 0 Å². The van der Waals surface area contributed by atoms with Crippen molar-refractivity contribution < 1.29 is 9.90 Å². The molecule has 82 valence electrons. The highest BCUT2D eigenvalue weighted by molar-refractivity contribution is 6.36. The Hall–Kier alpha value is -0.730. The molecule has 0 spiro atoms. The minimum absolute atomic E-state index is 0.397. The Morgan fingerprint density at radius 3 is 2.20 bits per heavy atom. The van der Waals surface area contributed by atoms with E-state index in [1.165, 1.54) is 0 Å². The van der Waals surface area contributed by atoms with Crippen LogP contribution >= 0.6 is 23.2 Å². The minimum atomic E-state index is -1.03. The summed E-state index contributed by atoms with van der Waals surface area (Å²) in [6.07, 6.45) is 0.436. The van der Waals surface area contributed by atoms with Gasteiger partial charge in [0.2, 0.25) is 0 Å². The van der Waals surface area contributed by atoms with Crippen molar-refractivity contribution in [2.24, 2.45) is 0 Å². The fourth-order valence-electron chi connectivity index (χ4n) is 1.46. The second-order valence-electron chi connectivity index (χ2n) is 3.59. The third kappa shape index (κ3) is 2.11. The SMILES string of the molecule is CCC(C)(C(=O)O)c1c(Cl)cccc1Cl. The van der Waals surface area contributed by atoms with Crippen molar-refractivity contribution >= 4 is 29.2 Å². The zero-order valence-corrected chi connectivity index (χ0v) is 10.1. The van der Waals surface area contributed by atoms with Crippen molar-refractivity contribution in [3.63, 3.8) is 0 Å². The molecule has 4 heteroatoms. The van der Waals surface area contributed by atoms with E-state index in [-0.39, 0.29) is 0 Å². The fourth-order valence-corrected chi connectivity index (χ4v) is 2.27. The van der Waals surface area contributed by atoms with Crippen LogP contribution in [-0.2, 0) is 10.2 Å². The Balaban J connectivity index is 3.42. The third-order valence-electron chi connectivity index (χ3n) is 2.69. The zero-order chi connectivity index (χ0) is 11.6. The second kappa shape index (κ2) is 4.42. The Morgan fingerprint density at radius 2 is 1.87 bits per heavy atom. The van der Waals surface area contributed by atoms with Gasteiger partial charge in [0.05, 0.1) is 5.41 Å². The molecule has 1 aromatic rings. The topological polar surface area (TPSA) is 37.3 Å². The average molecular weight is 247 g/mol. The summed E-state index contributed by atoms with van der Waals surface area (Å²) in [7, 11) is 0. The maximum Gasteiger partial charge on any atom is 0.313 e. The largest absolute Gasteiger partial charge is 0.481 e. The smallest absolute Gasteiger partial charge is 0.313 e. The van der Waals surface area contributed by atoms with E-state index in [4.69, 9.17) is 23.2 Å². The van der Waals surface area contributed by atoms with Gasteiger partial charge in [-0.25, -0.2) is 0 Å². The van der Waals surface area contributed by atoms with E-state index >= 15 is 0 Å². The number of hydrogen-bond donors (Lipinski definition) is 1. The fraction of sp³-hybridized carbons (Fsp3) is 0.364. The zero-order valence-electron chi connectivity index (χ0n) is 8.55. The first-order valence-corrected chi connectivity index (χ1v) is 5.37. The molecular formula is C11H12Cl2O2. The summed E-state index contributed by atoms with van der Waals surface area (Å²) in [4.78, 5) is 11.2. The van der Waals surface area contributed by atoms with Crippen LogP contribution in [0.15, 0.2) is 18.2 Å². The Labute approximate surface area is 98.8 Å². The van der Waals surface area contributed by atoms with Crippen LogP contribution in [0.3, 0.4) is 0 Å². The highest BCUT2D eigenvalue weighted by Gasteiger charge is 2.36. The van der Waals surface area contributed by atoms with Gasteiger partial charge in [0.1, 0.15) is 0 Å². The van der Waals surface area contributed by atoms with Crippen LogP contribution < -0.4 is 0 Å². The van der Waals surface area contributed by atoms with Gasteiger partial charge in [0, 0.05) is 15.6 Å². The normalized spacial score (nSPS) is 14.7. The maximum atomic E-state index is 11.2. The minimum Gasteiger partial charge on any atom is -0.481 e. The lowest BCUT2D eigenvalue weighted by atomic mass is 9.80. The summed E-state index contributed by atoms with van der Waals surface area (Å²) < 4.78 is 0. The van der Waals surface area contributed by atoms with Gasteiger partial charge in [-0.1, -0.05) is 36.2 Å². The van der Waals surface area contributed by atoms with Gasteiger partial charge < -0.3 is 5.11 Å². The monoisotopic (exact) mass is 246 g/mol. The highest BCUT2D eigenvalue weighted by atomic mass is 35.5. The first-order chi connectivity index (χ1) is 6.93. The van der Waals surface area contributed by atoms with Gasteiger partial charge in [0.25, 0.3) is 0 Å². The van der Waals surface area contributed by atoms with E-state index in [9.17, 15) is 9.90 Å². The van der Waals surface area contributed by atoms with Crippen LogP contribution in [0.1, 0.15) is 25.8 Å². The van der Waals surface area contributed by atoms with E-state index in [1.54, 1.807) is 32.0 Å². The van der Waals surface area contributed by atoms with Crippen LogP contribution in [0.5, 0.6) is 0 Å². The molecule has 1 aromatic carbocycles. The van der Waals surface area contributed by atoms with Gasteiger partial charge in [-0.2, -0.15) is 0 Å². The van der Waals surface area contributed by atoms with E-state index in [2.05, 4.69) is 0 Å². The van der Waals surface area contributed by atoms with Crippen LogP contribution in [-0.4, -0.2) is 11.1 Å². The Bertz CT molecular complexity index is 370. The van der Waals surface area contributed by atoms with Crippen LogP contribution in [0.4, 0.5) is 0 Å². The lowest BCUT2D eigenvalue weighted by Crippen LogP contribution is -2.32. The third-order valence-corrected chi connectivity index (χ3v) is 3.32. The molecule has 0 saturated carbocycles. The number of rotatable bonds is 3. The molecule has 0 heterocycles.